The van der Waals surface area contributed by atoms with Gasteiger partial charge in [-0.2, -0.15) is 13.2 Å². The average Bonchev–Trinajstić information content (AvgIpc) is 2.88. The Bertz CT molecular complexity index is 761. The number of cyclic esters (lactones) is 1. The molecule has 148 valence electrons. The van der Waals surface area contributed by atoms with Crippen molar-refractivity contribution >= 4 is 18.0 Å². The molecule has 1 saturated heterocycles. The molecule has 0 spiro atoms. The SMILES string of the molecule is CC(C)(C)C(=O)OCC1(CO)C/C(=C\c2ccccc2C(F)(F)F)C(=O)O1. The van der Waals surface area contributed by atoms with Crippen molar-refractivity contribution < 1.29 is 37.3 Å². The van der Waals surface area contributed by atoms with E-state index >= 15 is 0 Å². The standard InChI is InChI=1S/C19H21F3O5/c1-17(2,3)16(25)26-11-18(10-23)9-13(15(24)27-18)8-12-6-4-5-7-14(12)19(20,21)22/h4-8,23H,9-11H2,1-3H3/b13-8+. The quantitative estimate of drug-likeness (QED) is 0.635. The molecule has 1 aliphatic rings. The first-order valence-corrected chi connectivity index (χ1v) is 8.26. The van der Waals surface area contributed by atoms with Crippen LogP contribution in [0.1, 0.15) is 38.3 Å². The molecule has 1 fully saturated rings. The zero-order valence-electron chi connectivity index (χ0n) is 15.2. The van der Waals surface area contributed by atoms with Crippen LogP contribution in [0, 0.1) is 5.41 Å². The summed E-state index contributed by atoms with van der Waals surface area (Å²) in [6.45, 7) is 3.90. The van der Waals surface area contributed by atoms with Crippen LogP contribution >= 0.6 is 0 Å². The summed E-state index contributed by atoms with van der Waals surface area (Å²) in [5.74, 6) is -1.40. The van der Waals surface area contributed by atoms with Crippen molar-refractivity contribution in [2.45, 2.75) is 39.0 Å². The van der Waals surface area contributed by atoms with Gasteiger partial charge in [0.05, 0.1) is 17.6 Å². The number of benzene rings is 1. The van der Waals surface area contributed by atoms with Crippen LogP contribution in [0.2, 0.25) is 0 Å². The average molecular weight is 386 g/mol. The smallest absolute Gasteiger partial charge is 0.416 e. The van der Waals surface area contributed by atoms with Gasteiger partial charge in [0.1, 0.15) is 6.61 Å². The Labute approximate surface area is 154 Å². The molecule has 1 atom stereocenters. The molecule has 1 aromatic carbocycles. The molecule has 1 heterocycles. The fourth-order valence-electron chi connectivity index (χ4n) is 2.52. The van der Waals surface area contributed by atoms with Crippen LogP contribution in [0.25, 0.3) is 6.08 Å². The van der Waals surface area contributed by atoms with Crippen LogP contribution in [0.4, 0.5) is 13.2 Å². The molecular weight excluding hydrogens is 365 g/mol. The third-order valence-electron chi connectivity index (χ3n) is 4.05. The second-order valence-corrected chi connectivity index (χ2v) is 7.49. The van der Waals surface area contributed by atoms with Crippen LogP contribution in [0.3, 0.4) is 0 Å². The maximum atomic E-state index is 13.1. The van der Waals surface area contributed by atoms with Crippen molar-refractivity contribution in [3.8, 4) is 0 Å². The van der Waals surface area contributed by atoms with Crippen LogP contribution in [-0.4, -0.2) is 35.9 Å². The predicted octanol–water partition coefficient (Wildman–Crippen LogP) is 3.36. The zero-order chi connectivity index (χ0) is 20.5. The molecule has 1 unspecified atom stereocenters. The molecule has 0 saturated carbocycles. The highest BCUT2D eigenvalue weighted by molar-refractivity contribution is 5.96. The fraction of sp³-hybridized carbons (Fsp3) is 0.474. The van der Waals surface area contributed by atoms with Crippen LogP contribution < -0.4 is 0 Å². The van der Waals surface area contributed by atoms with Gasteiger partial charge in [0.2, 0.25) is 0 Å². The van der Waals surface area contributed by atoms with Crippen molar-refractivity contribution in [1.29, 1.82) is 0 Å². The molecule has 0 bridgehead atoms. The van der Waals surface area contributed by atoms with E-state index in [0.29, 0.717) is 0 Å². The van der Waals surface area contributed by atoms with E-state index in [9.17, 15) is 27.9 Å². The number of hydrogen-bond acceptors (Lipinski definition) is 5. The van der Waals surface area contributed by atoms with Gasteiger partial charge >= 0.3 is 18.1 Å². The number of alkyl halides is 3. The monoisotopic (exact) mass is 386 g/mol. The van der Waals surface area contributed by atoms with Gasteiger partial charge in [0, 0.05) is 12.0 Å². The van der Waals surface area contributed by atoms with Gasteiger partial charge in [0.15, 0.2) is 5.60 Å². The lowest BCUT2D eigenvalue weighted by atomic mass is 9.95. The van der Waals surface area contributed by atoms with E-state index in [-0.39, 0.29) is 24.2 Å². The first kappa shape index (κ1) is 21.0. The Kier molecular flexibility index (Phi) is 5.70. The summed E-state index contributed by atoms with van der Waals surface area (Å²) in [7, 11) is 0. The van der Waals surface area contributed by atoms with Crippen LogP contribution in [0.5, 0.6) is 0 Å². The Morgan fingerprint density at radius 2 is 1.93 bits per heavy atom. The Balaban J connectivity index is 2.26. The maximum absolute atomic E-state index is 13.1. The van der Waals surface area contributed by atoms with Crippen LogP contribution in [0.15, 0.2) is 29.8 Å². The second-order valence-electron chi connectivity index (χ2n) is 7.49. The first-order chi connectivity index (χ1) is 12.4. The molecule has 1 aromatic rings. The van der Waals surface area contributed by atoms with Gasteiger partial charge in [0.25, 0.3) is 0 Å². The zero-order valence-corrected chi connectivity index (χ0v) is 15.2. The van der Waals surface area contributed by atoms with Crippen molar-refractivity contribution in [2.75, 3.05) is 13.2 Å². The summed E-state index contributed by atoms with van der Waals surface area (Å²) in [5.41, 5.74) is -3.39. The lowest BCUT2D eigenvalue weighted by Gasteiger charge is -2.26. The highest BCUT2D eigenvalue weighted by Crippen LogP contribution is 2.36. The number of aliphatic hydroxyl groups excluding tert-OH is 1. The van der Waals surface area contributed by atoms with Crippen molar-refractivity contribution in [3.05, 3.63) is 41.0 Å². The van der Waals surface area contributed by atoms with Gasteiger partial charge in [-0.05, 0) is 38.5 Å². The number of aliphatic hydroxyl groups is 1. The molecule has 0 radical (unpaired) electrons. The molecule has 27 heavy (non-hydrogen) atoms. The summed E-state index contributed by atoms with van der Waals surface area (Å²) in [6, 6.07) is 4.83. The number of halogens is 3. The van der Waals surface area contributed by atoms with E-state index in [1.165, 1.54) is 18.2 Å². The first-order valence-electron chi connectivity index (χ1n) is 8.26. The maximum Gasteiger partial charge on any atom is 0.416 e. The summed E-state index contributed by atoms with van der Waals surface area (Å²) >= 11 is 0. The molecular formula is C19H21F3O5. The predicted molar refractivity (Wildman–Crippen MR) is 90.4 cm³/mol. The molecule has 2 rings (SSSR count). The van der Waals surface area contributed by atoms with E-state index in [1.54, 1.807) is 20.8 Å². The van der Waals surface area contributed by atoms with Gasteiger partial charge in [-0.15, -0.1) is 0 Å². The van der Waals surface area contributed by atoms with Gasteiger partial charge < -0.3 is 14.6 Å². The minimum Gasteiger partial charge on any atom is -0.461 e. The molecule has 8 heteroatoms. The Morgan fingerprint density at radius 3 is 2.48 bits per heavy atom. The molecule has 0 aromatic heterocycles. The fourth-order valence-corrected chi connectivity index (χ4v) is 2.52. The largest absolute Gasteiger partial charge is 0.461 e. The van der Waals surface area contributed by atoms with Crippen molar-refractivity contribution in [2.24, 2.45) is 5.41 Å². The Hall–Kier alpha value is -2.35. The molecule has 5 nitrogen and oxygen atoms in total. The minimum atomic E-state index is -4.58. The highest BCUT2D eigenvalue weighted by atomic mass is 19.4. The Morgan fingerprint density at radius 1 is 1.30 bits per heavy atom. The summed E-state index contributed by atoms with van der Waals surface area (Å²) in [4.78, 5) is 24.0. The topological polar surface area (TPSA) is 72.8 Å². The third-order valence-corrected chi connectivity index (χ3v) is 4.05. The van der Waals surface area contributed by atoms with E-state index in [0.717, 1.165) is 12.1 Å². The second kappa shape index (κ2) is 7.34. The number of rotatable bonds is 4. The number of hydrogen-bond donors (Lipinski definition) is 1. The lowest BCUT2D eigenvalue weighted by Crippen LogP contribution is -2.40. The number of carbonyl (C=O) groups is 2. The van der Waals surface area contributed by atoms with E-state index < -0.39 is 41.3 Å². The van der Waals surface area contributed by atoms with Gasteiger partial charge in [-0.1, -0.05) is 18.2 Å². The number of esters is 2. The van der Waals surface area contributed by atoms with E-state index in [2.05, 4.69) is 0 Å². The van der Waals surface area contributed by atoms with Crippen molar-refractivity contribution in [1.82, 2.24) is 0 Å². The molecule has 0 amide bonds. The number of carbonyl (C=O) groups excluding carboxylic acids is 2. The van der Waals surface area contributed by atoms with Crippen LogP contribution in [-0.2, 0) is 25.2 Å². The van der Waals surface area contributed by atoms with Crippen molar-refractivity contribution in [3.63, 3.8) is 0 Å². The third kappa shape index (κ3) is 4.88. The summed E-state index contributed by atoms with van der Waals surface area (Å²) in [5, 5.41) is 9.64. The van der Waals surface area contributed by atoms with Gasteiger partial charge in [-0.25, -0.2) is 4.79 Å². The summed E-state index contributed by atoms with van der Waals surface area (Å²) < 4.78 is 49.6. The van der Waals surface area contributed by atoms with E-state index in [4.69, 9.17) is 9.47 Å². The lowest BCUT2D eigenvalue weighted by molar-refractivity contribution is -0.171. The minimum absolute atomic E-state index is 0.0347. The molecule has 1 N–H and O–H groups in total. The normalized spacial score (nSPS) is 22.0. The van der Waals surface area contributed by atoms with Gasteiger partial charge in [-0.3, -0.25) is 4.79 Å². The molecule has 1 aliphatic heterocycles. The highest BCUT2D eigenvalue weighted by Gasteiger charge is 2.45. The summed E-state index contributed by atoms with van der Waals surface area (Å²) in [6.07, 6.45) is -3.66. The number of ether oxygens (including phenoxy) is 2. The molecule has 0 aliphatic carbocycles. The van der Waals surface area contributed by atoms with E-state index in [1.807, 2.05) is 0 Å².